The number of nitrogens with zero attached hydrogens (tertiary/aromatic N) is 2. The molecule has 96 valence electrons. The normalized spacial score (nSPS) is 23.3. The quantitative estimate of drug-likeness (QED) is 0.888. The van der Waals surface area contributed by atoms with Crippen LogP contribution >= 0.6 is 0 Å². The number of rotatable bonds is 3. The van der Waals surface area contributed by atoms with E-state index in [2.05, 4.69) is 11.9 Å². The number of pyridine rings is 1. The van der Waals surface area contributed by atoms with Crippen LogP contribution in [0.3, 0.4) is 0 Å². The summed E-state index contributed by atoms with van der Waals surface area (Å²) in [5.74, 6) is 1.06. The van der Waals surface area contributed by atoms with E-state index in [9.17, 15) is 0 Å². The zero-order valence-electron chi connectivity index (χ0n) is 10.7. The van der Waals surface area contributed by atoms with E-state index in [1.54, 1.807) is 6.07 Å². The Morgan fingerprint density at radius 1 is 1.50 bits per heavy atom. The van der Waals surface area contributed by atoms with E-state index in [1.807, 2.05) is 6.07 Å². The fourth-order valence-electron chi connectivity index (χ4n) is 2.57. The molecule has 0 bridgehead atoms. The highest BCUT2D eigenvalue weighted by Gasteiger charge is 2.26. The molecule has 1 heterocycles. The Labute approximate surface area is 108 Å². The summed E-state index contributed by atoms with van der Waals surface area (Å²) in [6.07, 6.45) is 7.63. The minimum Gasteiger partial charge on any atom is -0.473 e. The van der Waals surface area contributed by atoms with Gasteiger partial charge in [0, 0.05) is 6.20 Å². The number of aromatic nitrogens is 1. The van der Waals surface area contributed by atoms with Gasteiger partial charge in [-0.1, -0.05) is 13.3 Å². The lowest BCUT2D eigenvalue weighted by molar-refractivity contribution is 0.0866. The predicted octanol–water partition coefficient (Wildman–Crippen LogP) is 2.88. The molecule has 2 atom stereocenters. The van der Waals surface area contributed by atoms with E-state index in [0.29, 0.717) is 23.0 Å². The summed E-state index contributed by atoms with van der Waals surface area (Å²) in [7, 11) is 0. The van der Waals surface area contributed by atoms with Gasteiger partial charge in [-0.2, -0.15) is 5.26 Å². The smallest absolute Gasteiger partial charge is 0.237 e. The van der Waals surface area contributed by atoms with Crippen LogP contribution in [0, 0.1) is 17.2 Å². The van der Waals surface area contributed by atoms with Crippen LogP contribution in [0.2, 0.25) is 0 Å². The summed E-state index contributed by atoms with van der Waals surface area (Å²) in [6.45, 7) is 2.20. The van der Waals surface area contributed by atoms with Crippen LogP contribution in [0.25, 0.3) is 0 Å². The van der Waals surface area contributed by atoms with Crippen LogP contribution in [0.15, 0.2) is 12.3 Å². The molecule has 0 radical (unpaired) electrons. The first-order valence-corrected chi connectivity index (χ1v) is 6.57. The van der Waals surface area contributed by atoms with Crippen molar-refractivity contribution >= 4 is 5.69 Å². The zero-order valence-corrected chi connectivity index (χ0v) is 10.7. The number of nitrogens with two attached hydrogens (primary N) is 1. The van der Waals surface area contributed by atoms with Gasteiger partial charge in [0.1, 0.15) is 12.2 Å². The van der Waals surface area contributed by atoms with Crippen molar-refractivity contribution < 1.29 is 4.74 Å². The second-order valence-electron chi connectivity index (χ2n) is 4.84. The van der Waals surface area contributed by atoms with Gasteiger partial charge in [-0.25, -0.2) is 4.98 Å². The summed E-state index contributed by atoms with van der Waals surface area (Å²) in [4.78, 5) is 4.14. The number of hydrogen-bond acceptors (Lipinski definition) is 4. The van der Waals surface area contributed by atoms with Gasteiger partial charge < -0.3 is 10.5 Å². The van der Waals surface area contributed by atoms with Crippen molar-refractivity contribution in [2.45, 2.75) is 45.1 Å². The average molecular weight is 245 g/mol. The van der Waals surface area contributed by atoms with Gasteiger partial charge in [-0.15, -0.1) is 0 Å². The molecule has 1 fully saturated rings. The number of nitriles is 1. The number of anilines is 1. The van der Waals surface area contributed by atoms with Gasteiger partial charge in [0.15, 0.2) is 0 Å². The fourth-order valence-corrected chi connectivity index (χ4v) is 2.57. The van der Waals surface area contributed by atoms with E-state index in [-0.39, 0.29) is 6.10 Å². The minimum absolute atomic E-state index is 0.214. The molecule has 4 nitrogen and oxygen atoms in total. The Morgan fingerprint density at radius 3 is 2.94 bits per heavy atom. The van der Waals surface area contributed by atoms with Crippen LogP contribution in [0.5, 0.6) is 5.88 Å². The Hall–Kier alpha value is -1.76. The Balaban J connectivity index is 2.10. The van der Waals surface area contributed by atoms with E-state index in [1.165, 1.54) is 25.5 Å². The first kappa shape index (κ1) is 12.7. The molecular weight excluding hydrogens is 226 g/mol. The summed E-state index contributed by atoms with van der Waals surface area (Å²) in [5.41, 5.74) is 6.78. The van der Waals surface area contributed by atoms with E-state index < -0.39 is 0 Å². The molecule has 1 aliphatic rings. The summed E-state index contributed by atoms with van der Waals surface area (Å²) < 4.78 is 5.94. The van der Waals surface area contributed by atoms with E-state index in [0.717, 1.165) is 12.8 Å². The second-order valence-corrected chi connectivity index (χ2v) is 4.84. The average Bonchev–Trinajstić information content (AvgIpc) is 2.41. The summed E-state index contributed by atoms with van der Waals surface area (Å²) >= 11 is 0. The van der Waals surface area contributed by atoms with Gasteiger partial charge in [-0.3, -0.25) is 0 Å². The SMILES string of the molecule is CCC1CCCCC1Oc1ncc(C#N)cc1N. The third-order valence-electron chi connectivity index (χ3n) is 3.63. The Bertz CT molecular complexity index is 453. The van der Waals surface area contributed by atoms with E-state index >= 15 is 0 Å². The van der Waals surface area contributed by atoms with Crippen molar-refractivity contribution in [1.29, 1.82) is 5.26 Å². The predicted molar refractivity (Wildman–Crippen MR) is 70.0 cm³/mol. The van der Waals surface area contributed by atoms with Crippen molar-refractivity contribution in [3.8, 4) is 11.9 Å². The fraction of sp³-hybridized carbons (Fsp3) is 0.571. The van der Waals surface area contributed by atoms with Gasteiger partial charge in [0.25, 0.3) is 0 Å². The molecule has 2 N–H and O–H groups in total. The van der Waals surface area contributed by atoms with Crippen molar-refractivity contribution in [3.63, 3.8) is 0 Å². The lowest BCUT2D eigenvalue weighted by Crippen LogP contribution is -2.30. The van der Waals surface area contributed by atoms with E-state index in [4.69, 9.17) is 15.7 Å². The number of nitrogen functional groups attached to an aromatic ring is 1. The molecule has 18 heavy (non-hydrogen) atoms. The maximum atomic E-state index is 8.77. The lowest BCUT2D eigenvalue weighted by Gasteiger charge is -2.31. The van der Waals surface area contributed by atoms with Crippen molar-refractivity contribution in [2.75, 3.05) is 5.73 Å². The minimum atomic E-state index is 0.214. The highest BCUT2D eigenvalue weighted by atomic mass is 16.5. The summed E-state index contributed by atoms with van der Waals surface area (Å²) in [5, 5.41) is 8.77. The highest BCUT2D eigenvalue weighted by molar-refractivity contribution is 5.52. The van der Waals surface area contributed by atoms with Crippen LogP contribution in [-0.2, 0) is 0 Å². The lowest BCUT2D eigenvalue weighted by atomic mass is 9.85. The molecule has 0 amide bonds. The van der Waals surface area contributed by atoms with Gasteiger partial charge in [0.05, 0.1) is 11.3 Å². The maximum absolute atomic E-state index is 8.77. The molecule has 4 heteroatoms. The van der Waals surface area contributed by atoms with Gasteiger partial charge in [-0.05, 0) is 37.7 Å². The molecule has 1 aliphatic carbocycles. The van der Waals surface area contributed by atoms with Gasteiger partial charge in [0.2, 0.25) is 5.88 Å². The first-order chi connectivity index (χ1) is 8.74. The molecule has 1 aromatic heterocycles. The highest BCUT2D eigenvalue weighted by Crippen LogP contribution is 2.31. The zero-order chi connectivity index (χ0) is 13.0. The topological polar surface area (TPSA) is 71.9 Å². The maximum Gasteiger partial charge on any atom is 0.237 e. The van der Waals surface area contributed by atoms with Crippen LogP contribution in [-0.4, -0.2) is 11.1 Å². The third-order valence-corrected chi connectivity index (χ3v) is 3.63. The van der Waals surface area contributed by atoms with Crippen molar-refractivity contribution in [1.82, 2.24) is 4.98 Å². The Morgan fingerprint density at radius 2 is 2.28 bits per heavy atom. The second kappa shape index (κ2) is 5.72. The number of hydrogen-bond donors (Lipinski definition) is 1. The molecule has 2 unspecified atom stereocenters. The molecule has 0 saturated heterocycles. The number of ether oxygens (including phenoxy) is 1. The van der Waals surface area contributed by atoms with Gasteiger partial charge >= 0.3 is 0 Å². The van der Waals surface area contributed by atoms with Crippen molar-refractivity contribution in [2.24, 2.45) is 5.92 Å². The Kier molecular flexibility index (Phi) is 4.03. The molecule has 0 aliphatic heterocycles. The first-order valence-electron chi connectivity index (χ1n) is 6.57. The third kappa shape index (κ3) is 2.73. The standard InChI is InChI=1S/C14H19N3O/c1-2-11-5-3-4-6-13(11)18-14-12(16)7-10(8-15)9-17-14/h7,9,11,13H,2-6,16H2,1H3. The molecule has 2 rings (SSSR count). The largest absolute Gasteiger partial charge is 0.473 e. The molecule has 1 aromatic rings. The van der Waals surface area contributed by atoms with Crippen molar-refractivity contribution in [3.05, 3.63) is 17.8 Å². The molecular formula is C14H19N3O. The monoisotopic (exact) mass is 245 g/mol. The van der Waals surface area contributed by atoms with Crippen LogP contribution in [0.4, 0.5) is 5.69 Å². The molecule has 0 aromatic carbocycles. The molecule has 1 saturated carbocycles. The molecule has 0 spiro atoms. The van der Waals surface area contributed by atoms with Crippen LogP contribution in [0.1, 0.15) is 44.6 Å². The summed E-state index contributed by atoms with van der Waals surface area (Å²) in [6, 6.07) is 3.64. The van der Waals surface area contributed by atoms with Crippen LogP contribution < -0.4 is 10.5 Å².